The van der Waals surface area contributed by atoms with Crippen LogP contribution in [-0.4, -0.2) is 50.7 Å². The number of methoxy groups -OCH3 is 2. The Morgan fingerprint density at radius 1 is 1.29 bits per heavy atom. The SMILES string of the molecule is CCNC(=O)NC(=O)CN1CCC[C@H]1c1cc(OC)ccc1OC. The van der Waals surface area contributed by atoms with E-state index in [9.17, 15) is 9.59 Å². The van der Waals surface area contributed by atoms with Crippen LogP contribution in [0.25, 0.3) is 0 Å². The minimum Gasteiger partial charge on any atom is -0.497 e. The largest absolute Gasteiger partial charge is 0.497 e. The number of hydrogen-bond acceptors (Lipinski definition) is 5. The van der Waals surface area contributed by atoms with Gasteiger partial charge in [-0.15, -0.1) is 0 Å². The van der Waals surface area contributed by atoms with Crippen molar-refractivity contribution in [1.29, 1.82) is 0 Å². The number of rotatable bonds is 6. The van der Waals surface area contributed by atoms with E-state index in [4.69, 9.17) is 9.47 Å². The zero-order valence-corrected chi connectivity index (χ0v) is 14.4. The molecule has 1 heterocycles. The molecule has 1 aliphatic rings. The van der Waals surface area contributed by atoms with Gasteiger partial charge >= 0.3 is 6.03 Å². The average molecular weight is 335 g/mol. The summed E-state index contributed by atoms with van der Waals surface area (Å²) in [6.45, 7) is 3.25. The lowest BCUT2D eigenvalue weighted by molar-refractivity contribution is -0.121. The molecule has 7 heteroatoms. The first kappa shape index (κ1) is 18.1. The molecular weight excluding hydrogens is 310 g/mol. The van der Waals surface area contributed by atoms with E-state index >= 15 is 0 Å². The van der Waals surface area contributed by atoms with Crippen molar-refractivity contribution in [1.82, 2.24) is 15.5 Å². The lowest BCUT2D eigenvalue weighted by Gasteiger charge is -2.25. The molecule has 0 bridgehead atoms. The molecule has 1 aromatic carbocycles. The van der Waals surface area contributed by atoms with E-state index in [1.807, 2.05) is 18.2 Å². The van der Waals surface area contributed by atoms with Gasteiger partial charge in [0.05, 0.1) is 20.8 Å². The second-order valence-electron chi connectivity index (χ2n) is 5.64. The highest BCUT2D eigenvalue weighted by Crippen LogP contribution is 2.38. The number of urea groups is 1. The maximum absolute atomic E-state index is 12.1. The van der Waals surface area contributed by atoms with Gasteiger partial charge in [0.2, 0.25) is 5.91 Å². The molecular formula is C17H25N3O4. The minimum atomic E-state index is -0.461. The van der Waals surface area contributed by atoms with Crippen LogP contribution in [0, 0.1) is 0 Å². The Morgan fingerprint density at radius 2 is 2.08 bits per heavy atom. The smallest absolute Gasteiger partial charge is 0.321 e. The number of carbonyl (C=O) groups excluding carboxylic acids is 2. The number of amides is 3. The molecule has 0 radical (unpaired) electrons. The summed E-state index contributed by atoms with van der Waals surface area (Å²) in [6, 6.07) is 5.28. The third-order valence-electron chi connectivity index (χ3n) is 4.10. The Balaban J connectivity index is 2.10. The Kier molecular flexibility index (Phi) is 6.43. The van der Waals surface area contributed by atoms with Gasteiger partial charge in [-0.05, 0) is 44.5 Å². The van der Waals surface area contributed by atoms with E-state index in [1.54, 1.807) is 21.1 Å². The van der Waals surface area contributed by atoms with Crippen LogP contribution >= 0.6 is 0 Å². The normalized spacial score (nSPS) is 17.4. The van der Waals surface area contributed by atoms with Crippen molar-refractivity contribution in [2.45, 2.75) is 25.8 Å². The highest BCUT2D eigenvalue weighted by molar-refractivity contribution is 5.95. The van der Waals surface area contributed by atoms with Crippen molar-refractivity contribution >= 4 is 11.9 Å². The molecule has 0 saturated carbocycles. The molecule has 24 heavy (non-hydrogen) atoms. The molecule has 1 saturated heterocycles. The van der Waals surface area contributed by atoms with Crippen molar-refractivity contribution < 1.29 is 19.1 Å². The summed E-state index contributed by atoms with van der Waals surface area (Å²) in [5.41, 5.74) is 1.00. The van der Waals surface area contributed by atoms with Crippen molar-refractivity contribution in [2.75, 3.05) is 33.9 Å². The summed E-state index contributed by atoms with van der Waals surface area (Å²) >= 11 is 0. The lowest BCUT2D eigenvalue weighted by Crippen LogP contribution is -2.44. The van der Waals surface area contributed by atoms with Gasteiger partial charge in [0.25, 0.3) is 0 Å². The third kappa shape index (κ3) is 4.38. The Bertz CT molecular complexity index is 591. The van der Waals surface area contributed by atoms with Crippen molar-refractivity contribution in [3.63, 3.8) is 0 Å². The van der Waals surface area contributed by atoms with Gasteiger partial charge in [-0.25, -0.2) is 4.79 Å². The molecule has 2 rings (SSSR count). The first-order valence-electron chi connectivity index (χ1n) is 8.12. The molecule has 0 aromatic heterocycles. The van der Waals surface area contributed by atoms with E-state index in [0.29, 0.717) is 6.54 Å². The first-order valence-corrected chi connectivity index (χ1v) is 8.12. The number of nitrogens with one attached hydrogen (secondary N) is 2. The molecule has 7 nitrogen and oxygen atoms in total. The molecule has 1 fully saturated rings. The maximum atomic E-state index is 12.1. The summed E-state index contributed by atoms with van der Waals surface area (Å²) < 4.78 is 10.8. The molecule has 1 aliphatic heterocycles. The van der Waals surface area contributed by atoms with Crippen LogP contribution in [0.15, 0.2) is 18.2 Å². The van der Waals surface area contributed by atoms with Crippen LogP contribution in [0.2, 0.25) is 0 Å². The fourth-order valence-corrected chi connectivity index (χ4v) is 3.02. The second kappa shape index (κ2) is 8.54. The summed E-state index contributed by atoms with van der Waals surface area (Å²) in [4.78, 5) is 25.6. The Morgan fingerprint density at radius 3 is 2.75 bits per heavy atom. The zero-order valence-electron chi connectivity index (χ0n) is 14.4. The molecule has 2 N–H and O–H groups in total. The molecule has 1 atom stereocenters. The maximum Gasteiger partial charge on any atom is 0.321 e. The van der Waals surface area contributed by atoms with Crippen LogP contribution < -0.4 is 20.1 Å². The van der Waals surface area contributed by atoms with Gasteiger partial charge in [-0.2, -0.15) is 0 Å². The number of carbonyl (C=O) groups is 2. The fraction of sp³-hybridized carbons (Fsp3) is 0.529. The van der Waals surface area contributed by atoms with Crippen LogP contribution in [0.3, 0.4) is 0 Å². The number of benzene rings is 1. The van der Waals surface area contributed by atoms with Crippen molar-refractivity contribution in [3.8, 4) is 11.5 Å². The molecule has 1 aromatic rings. The molecule has 0 spiro atoms. The lowest BCUT2D eigenvalue weighted by atomic mass is 10.0. The van der Waals surface area contributed by atoms with E-state index in [0.717, 1.165) is 36.4 Å². The number of hydrogen-bond donors (Lipinski definition) is 2. The average Bonchev–Trinajstić information content (AvgIpc) is 3.02. The van der Waals surface area contributed by atoms with Crippen LogP contribution in [0.1, 0.15) is 31.4 Å². The summed E-state index contributed by atoms with van der Waals surface area (Å²) in [7, 11) is 3.25. The van der Waals surface area contributed by atoms with Crippen molar-refractivity contribution in [3.05, 3.63) is 23.8 Å². The predicted molar refractivity (Wildman–Crippen MR) is 90.3 cm³/mol. The molecule has 0 unspecified atom stereocenters. The summed E-state index contributed by atoms with van der Waals surface area (Å²) in [5.74, 6) is 1.22. The second-order valence-corrected chi connectivity index (χ2v) is 5.64. The van der Waals surface area contributed by atoms with Crippen LogP contribution in [-0.2, 0) is 4.79 Å². The number of ether oxygens (including phenoxy) is 2. The zero-order chi connectivity index (χ0) is 17.5. The summed E-state index contributed by atoms with van der Waals surface area (Å²) in [5, 5.41) is 4.90. The third-order valence-corrected chi connectivity index (χ3v) is 4.10. The minimum absolute atomic E-state index is 0.0648. The monoisotopic (exact) mass is 335 g/mol. The van der Waals surface area contributed by atoms with E-state index in [-0.39, 0.29) is 18.5 Å². The standard InChI is InChI=1S/C17H25N3O4/c1-4-18-17(22)19-16(21)11-20-9-5-6-14(20)13-10-12(23-2)7-8-15(13)24-3/h7-8,10,14H,4-6,9,11H2,1-3H3,(H2,18,19,21,22)/t14-/m0/s1. The van der Waals surface area contributed by atoms with E-state index in [2.05, 4.69) is 15.5 Å². The van der Waals surface area contributed by atoms with Gasteiger partial charge in [-0.3, -0.25) is 15.0 Å². The van der Waals surface area contributed by atoms with Gasteiger partial charge in [0.1, 0.15) is 11.5 Å². The Hall–Kier alpha value is -2.28. The highest BCUT2D eigenvalue weighted by atomic mass is 16.5. The predicted octanol–water partition coefficient (Wildman–Crippen LogP) is 1.69. The summed E-state index contributed by atoms with van der Waals surface area (Å²) in [6.07, 6.45) is 1.91. The molecule has 132 valence electrons. The fourth-order valence-electron chi connectivity index (χ4n) is 3.02. The number of nitrogens with zero attached hydrogens (tertiary/aromatic N) is 1. The Labute approximate surface area is 142 Å². The van der Waals surface area contributed by atoms with Crippen LogP contribution in [0.5, 0.6) is 11.5 Å². The molecule has 0 aliphatic carbocycles. The van der Waals surface area contributed by atoms with Gasteiger partial charge in [-0.1, -0.05) is 0 Å². The quantitative estimate of drug-likeness (QED) is 0.827. The highest BCUT2D eigenvalue weighted by Gasteiger charge is 2.30. The number of likely N-dealkylation sites (tertiary alicyclic amines) is 1. The van der Waals surface area contributed by atoms with Gasteiger partial charge in [0.15, 0.2) is 0 Å². The van der Waals surface area contributed by atoms with E-state index in [1.165, 1.54) is 0 Å². The van der Waals surface area contributed by atoms with Gasteiger partial charge in [0, 0.05) is 18.2 Å². The number of imide groups is 1. The van der Waals surface area contributed by atoms with Gasteiger partial charge < -0.3 is 14.8 Å². The topological polar surface area (TPSA) is 79.9 Å². The molecule has 3 amide bonds. The van der Waals surface area contributed by atoms with E-state index < -0.39 is 6.03 Å². The first-order chi connectivity index (χ1) is 11.6. The van der Waals surface area contributed by atoms with Crippen LogP contribution in [0.4, 0.5) is 4.79 Å². The van der Waals surface area contributed by atoms with Crippen molar-refractivity contribution in [2.24, 2.45) is 0 Å².